The topological polar surface area (TPSA) is 76.7 Å². The highest BCUT2D eigenvalue weighted by atomic mass is 32.1. The maximum Gasteiger partial charge on any atom is 0.407 e. The summed E-state index contributed by atoms with van der Waals surface area (Å²) in [5.74, 6) is -0.107. The van der Waals surface area contributed by atoms with Gasteiger partial charge in [0.25, 0.3) is 5.91 Å². The molecule has 0 unspecified atom stereocenters. The van der Waals surface area contributed by atoms with Gasteiger partial charge in [-0.1, -0.05) is 24.3 Å². The predicted molar refractivity (Wildman–Crippen MR) is 110 cm³/mol. The third kappa shape index (κ3) is 5.23. The smallest absolute Gasteiger partial charge is 0.407 e. The van der Waals surface area contributed by atoms with Crippen LogP contribution >= 0.6 is 11.3 Å². The highest BCUT2D eigenvalue weighted by molar-refractivity contribution is 7.21. The van der Waals surface area contributed by atoms with Crippen LogP contribution in [-0.4, -0.2) is 31.7 Å². The van der Waals surface area contributed by atoms with E-state index in [4.69, 9.17) is 9.47 Å². The van der Waals surface area contributed by atoms with Crippen molar-refractivity contribution in [3.63, 3.8) is 0 Å². The molecule has 0 saturated carbocycles. The molecule has 3 rings (SSSR count). The Kier molecular flexibility index (Phi) is 7.02. The zero-order valence-corrected chi connectivity index (χ0v) is 16.7. The van der Waals surface area contributed by atoms with Crippen molar-refractivity contribution in [3.05, 3.63) is 64.8 Å². The van der Waals surface area contributed by atoms with Crippen LogP contribution in [0.5, 0.6) is 5.75 Å². The minimum absolute atomic E-state index is 0.0643. The largest absolute Gasteiger partial charge is 0.489 e. The normalized spacial score (nSPS) is 10.6. The number of benzene rings is 2. The number of carbonyl (C=O) groups is 2. The van der Waals surface area contributed by atoms with Crippen molar-refractivity contribution >= 4 is 33.4 Å². The lowest BCUT2D eigenvalue weighted by Gasteiger charge is -2.09. The number of fused-ring (bicyclic) bond motifs is 1. The van der Waals surface area contributed by atoms with Gasteiger partial charge in [0.05, 0.1) is 11.5 Å². The van der Waals surface area contributed by atoms with Gasteiger partial charge in [-0.2, -0.15) is 0 Å². The molecule has 8 heteroatoms. The predicted octanol–water partition coefficient (Wildman–Crippen LogP) is 4.10. The van der Waals surface area contributed by atoms with E-state index in [2.05, 4.69) is 10.6 Å². The number of thiophene rings is 1. The summed E-state index contributed by atoms with van der Waals surface area (Å²) in [5, 5.41) is 5.66. The van der Waals surface area contributed by atoms with Crippen molar-refractivity contribution in [3.8, 4) is 5.75 Å². The van der Waals surface area contributed by atoms with Crippen molar-refractivity contribution in [2.75, 3.05) is 19.7 Å². The maximum absolute atomic E-state index is 14.5. The number of halogens is 1. The third-order valence-electron chi connectivity index (χ3n) is 4.05. The van der Waals surface area contributed by atoms with Crippen LogP contribution in [-0.2, 0) is 11.3 Å². The zero-order chi connectivity index (χ0) is 20.6. The molecule has 0 aliphatic heterocycles. The van der Waals surface area contributed by atoms with Crippen molar-refractivity contribution in [2.24, 2.45) is 0 Å². The Labute approximate surface area is 171 Å². The Balaban J connectivity index is 1.74. The van der Waals surface area contributed by atoms with Crippen molar-refractivity contribution in [2.45, 2.75) is 13.5 Å². The Morgan fingerprint density at radius 1 is 1.03 bits per heavy atom. The van der Waals surface area contributed by atoms with E-state index in [-0.39, 0.29) is 32.2 Å². The number of ether oxygens (including phenoxy) is 2. The molecular weight excluding hydrogens is 395 g/mol. The Morgan fingerprint density at radius 3 is 2.55 bits per heavy atom. The number of rotatable bonds is 8. The van der Waals surface area contributed by atoms with Gasteiger partial charge >= 0.3 is 6.09 Å². The van der Waals surface area contributed by atoms with Gasteiger partial charge in [0.2, 0.25) is 0 Å². The molecular formula is C21H21FN2O4S. The molecule has 29 heavy (non-hydrogen) atoms. The first-order valence-corrected chi connectivity index (χ1v) is 9.98. The maximum atomic E-state index is 14.5. The summed E-state index contributed by atoms with van der Waals surface area (Å²) in [6.07, 6.45) is -0.539. The molecule has 2 N–H and O–H groups in total. The van der Waals surface area contributed by atoms with Gasteiger partial charge in [-0.15, -0.1) is 11.3 Å². The summed E-state index contributed by atoms with van der Waals surface area (Å²) in [4.78, 5) is 24.4. The van der Waals surface area contributed by atoms with E-state index in [9.17, 15) is 14.0 Å². The lowest BCUT2D eigenvalue weighted by molar-refractivity contribution is 0.0954. The number of hydrogen-bond acceptors (Lipinski definition) is 5. The summed E-state index contributed by atoms with van der Waals surface area (Å²) in [6.45, 7) is 2.49. The lowest BCUT2D eigenvalue weighted by Crippen LogP contribution is -2.35. The fourth-order valence-electron chi connectivity index (χ4n) is 2.76. The van der Waals surface area contributed by atoms with E-state index in [1.54, 1.807) is 31.2 Å². The monoisotopic (exact) mass is 416 g/mol. The summed E-state index contributed by atoms with van der Waals surface area (Å²) < 4.78 is 25.7. The second-order valence-corrected chi connectivity index (χ2v) is 7.08. The second kappa shape index (κ2) is 9.88. The minimum Gasteiger partial charge on any atom is -0.489 e. The van der Waals surface area contributed by atoms with Crippen LogP contribution in [0.2, 0.25) is 0 Å². The molecule has 0 saturated heterocycles. The van der Waals surface area contributed by atoms with Crippen molar-refractivity contribution in [1.82, 2.24) is 10.6 Å². The first-order chi connectivity index (χ1) is 14.1. The number of carbonyl (C=O) groups excluding carboxylic acids is 2. The standard InChI is InChI=1S/C21H21FN2O4S/c1-2-27-21(26)24-12-11-23-20(25)19-15(13-28-14-7-4-3-5-8-14)18-16(22)9-6-10-17(18)29-19/h3-10H,2,11-13H2,1H3,(H,23,25)(H,24,26). The van der Waals surface area contributed by atoms with Crippen LogP contribution in [0.25, 0.3) is 10.1 Å². The molecule has 2 amide bonds. The molecule has 0 bridgehead atoms. The Hall–Kier alpha value is -3.13. The van der Waals surface area contributed by atoms with Gasteiger partial charge < -0.3 is 20.1 Å². The summed E-state index contributed by atoms with van der Waals surface area (Å²) in [7, 11) is 0. The van der Waals surface area contributed by atoms with Gasteiger partial charge in [-0.25, -0.2) is 9.18 Å². The van der Waals surface area contributed by atoms with Gasteiger partial charge in [0.1, 0.15) is 18.2 Å². The van der Waals surface area contributed by atoms with Gasteiger partial charge in [-0.05, 0) is 31.2 Å². The zero-order valence-electron chi connectivity index (χ0n) is 15.9. The quantitative estimate of drug-likeness (QED) is 0.542. The first-order valence-electron chi connectivity index (χ1n) is 9.16. The number of para-hydroxylation sites is 1. The molecule has 1 aromatic heterocycles. The SMILES string of the molecule is CCOC(=O)NCCNC(=O)c1sc2cccc(F)c2c1COc1ccccc1. The summed E-state index contributed by atoms with van der Waals surface area (Å²) in [6, 6.07) is 13.9. The molecule has 0 aliphatic rings. The van der Waals surface area contributed by atoms with Crippen LogP contribution in [0.15, 0.2) is 48.5 Å². The van der Waals surface area contributed by atoms with Crippen LogP contribution in [0.4, 0.5) is 9.18 Å². The average Bonchev–Trinajstić information content (AvgIpc) is 3.10. The number of hydrogen-bond donors (Lipinski definition) is 2. The minimum atomic E-state index is -0.539. The first kappa shape index (κ1) is 20.6. The van der Waals surface area contributed by atoms with E-state index in [0.29, 0.717) is 26.3 Å². The molecule has 0 fully saturated rings. The fraction of sp³-hybridized carbons (Fsp3) is 0.238. The Bertz CT molecular complexity index is 991. The van der Waals surface area contributed by atoms with Crippen LogP contribution < -0.4 is 15.4 Å². The molecule has 0 spiro atoms. The lowest BCUT2D eigenvalue weighted by atomic mass is 10.1. The molecule has 3 aromatic rings. The van der Waals surface area contributed by atoms with Crippen molar-refractivity contribution in [1.29, 1.82) is 0 Å². The van der Waals surface area contributed by atoms with Gasteiger partial charge in [0.15, 0.2) is 0 Å². The fourth-order valence-corrected chi connectivity index (χ4v) is 3.90. The van der Waals surface area contributed by atoms with Crippen LogP contribution in [0.1, 0.15) is 22.2 Å². The molecule has 2 aromatic carbocycles. The van der Waals surface area contributed by atoms with E-state index < -0.39 is 11.9 Å². The third-order valence-corrected chi connectivity index (χ3v) is 5.25. The van der Waals surface area contributed by atoms with E-state index in [0.717, 1.165) is 0 Å². The summed E-state index contributed by atoms with van der Waals surface area (Å²) in [5.41, 5.74) is 0.503. The molecule has 6 nitrogen and oxygen atoms in total. The highest BCUT2D eigenvalue weighted by Gasteiger charge is 2.21. The van der Waals surface area contributed by atoms with Crippen molar-refractivity contribution < 1.29 is 23.5 Å². The van der Waals surface area contributed by atoms with E-state index in [1.165, 1.54) is 17.4 Å². The van der Waals surface area contributed by atoms with Gasteiger partial charge in [-0.3, -0.25) is 4.79 Å². The molecule has 0 atom stereocenters. The molecule has 152 valence electrons. The Morgan fingerprint density at radius 2 is 1.79 bits per heavy atom. The van der Waals surface area contributed by atoms with E-state index in [1.807, 2.05) is 18.2 Å². The number of alkyl carbamates (subject to hydrolysis) is 1. The van der Waals surface area contributed by atoms with E-state index >= 15 is 0 Å². The average molecular weight is 416 g/mol. The molecule has 0 radical (unpaired) electrons. The highest BCUT2D eigenvalue weighted by Crippen LogP contribution is 2.34. The molecule has 0 aliphatic carbocycles. The van der Waals surface area contributed by atoms with Crippen LogP contribution in [0.3, 0.4) is 0 Å². The summed E-state index contributed by atoms with van der Waals surface area (Å²) >= 11 is 1.21. The molecule has 1 heterocycles. The van der Waals surface area contributed by atoms with Crippen LogP contribution in [0, 0.1) is 5.82 Å². The number of nitrogens with one attached hydrogen (secondary N) is 2. The second-order valence-electron chi connectivity index (χ2n) is 6.03. The number of amides is 2. The van der Waals surface area contributed by atoms with Gasteiger partial charge in [0, 0.05) is 28.7 Å².